The standard InChI is InChI=1S/C13H18BrNO5/c1-13(18,7-16)6-15-12(17)8-4-9(19-2)11(14)10(5-8)20-3/h4-5,16,18H,6-7H2,1-3H3,(H,15,17). The Kier molecular flexibility index (Phi) is 5.79. The first kappa shape index (κ1) is 16.7. The molecule has 0 aliphatic carbocycles. The van der Waals surface area contributed by atoms with Gasteiger partial charge in [0, 0.05) is 12.1 Å². The fourth-order valence-corrected chi connectivity index (χ4v) is 1.98. The fraction of sp³-hybridized carbons (Fsp3) is 0.462. The van der Waals surface area contributed by atoms with Crippen LogP contribution in [0.4, 0.5) is 0 Å². The van der Waals surface area contributed by atoms with E-state index in [0.29, 0.717) is 21.5 Å². The van der Waals surface area contributed by atoms with E-state index in [2.05, 4.69) is 21.2 Å². The van der Waals surface area contributed by atoms with Gasteiger partial charge in [0.1, 0.15) is 21.6 Å². The first-order valence-electron chi connectivity index (χ1n) is 5.87. The number of nitrogens with one attached hydrogen (secondary N) is 1. The number of methoxy groups -OCH3 is 2. The molecule has 112 valence electrons. The first-order chi connectivity index (χ1) is 9.34. The van der Waals surface area contributed by atoms with Crippen LogP contribution >= 0.6 is 15.9 Å². The van der Waals surface area contributed by atoms with Crippen molar-refractivity contribution in [1.29, 1.82) is 0 Å². The van der Waals surface area contributed by atoms with Crippen molar-refractivity contribution in [3.63, 3.8) is 0 Å². The van der Waals surface area contributed by atoms with Crippen molar-refractivity contribution < 1.29 is 24.5 Å². The summed E-state index contributed by atoms with van der Waals surface area (Å²) >= 11 is 3.31. The lowest BCUT2D eigenvalue weighted by atomic mass is 10.1. The van der Waals surface area contributed by atoms with Gasteiger partial charge >= 0.3 is 0 Å². The van der Waals surface area contributed by atoms with Crippen molar-refractivity contribution in [3.8, 4) is 11.5 Å². The molecule has 1 atom stereocenters. The molecule has 7 heteroatoms. The molecule has 3 N–H and O–H groups in total. The molecule has 20 heavy (non-hydrogen) atoms. The van der Waals surface area contributed by atoms with Crippen LogP contribution in [-0.4, -0.2) is 49.1 Å². The normalized spacial score (nSPS) is 13.5. The number of carbonyl (C=O) groups is 1. The lowest BCUT2D eigenvalue weighted by Crippen LogP contribution is -2.43. The molecular weight excluding hydrogens is 330 g/mol. The maximum absolute atomic E-state index is 12.0. The van der Waals surface area contributed by atoms with E-state index in [1.165, 1.54) is 21.1 Å². The summed E-state index contributed by atoms with van der Waals surface area (Å²) in [6, 6.07) is 3.10. The SMILES string of the molecule is COc1cc(C(=O)NCC(C)(O)CO)cc(OC)c1Br. The Balaban J connectivity index is 2.93. The molecule has 6 nitrogen and oxygen atoms in total. The predicted octanol–water partition coefficient (Wildman–Crippen LogP) is 0.939. The summed E-state index contributed by atoms with van der Waals surface area (Å²) < 4.78 is 10.9. The molecule has 0 bridgehead atoms. The second-order valence-electron chi connectivity index (χ2n) is 4.53. The van der Waals surface area contributed by atoms with Crippen molar-refractivity contribution in [2.24, 2.45) is 0 Å². The molecule has 1 unspecified atom stereocenters. The Labute approximate surface area is 125 Å². The van der Waals surface area contributed by atoms with E-state index in [0.717, 1.165) is 0 Å². The van der Waals surface area contributed by atoms with Crippen LogP contribution in [0.1, 0.15) is 17.3 Å². The van der Waals surface area contributed by atoms with Crippen molar-refractivity contribution in [3.05, 3.63) is 22.2 Å². The Hall–Kier alpha value is -1.31. The summed E-state index contributed by atoms with van der Waals surface area (Å²) in [7, 11) is 2.97. The molecule has 0 aliphatic heterocycles. The summed E-state index contributed by atoms with van der Waals surface area (Å²) in [5.74, 6) is 0.523. The fourth-order valence-electron chi connectivity index (χ4n) is 1.43. The second-order valence-corrected chi connectivity index (χ2v) is 5.33. The summed E-state index contributed by atoms with van der Waals surface area (Å²) in [6.07, 6.45) is 0. The van der Waals surface area contributed by atoms with Gasteiger partial charge in [0.25, 0.3) is 5.91 Å². The Bertz CT molecular complexity index is 465. The lowest BCUT2D eigenvalue weighted by Gasteiger charge is -2.20. The van der Waals surface area contributed by atoms with Gasteiger partial charge in [-0.15, -0.1) is 0 Å². The molecule has 1 aromatic rings. The molecule has 0 fully saturated rings. The minimum atomic E-state index is -1.36. The van der Waals surface area contributed by atoms with Crippen LogP contribution in [0.3, 0.4) is 0 Å². The highest BCUT2D eigenvalue weighted by atomic mass is 79.9. The number of rotatable bonds is 6. The van der Waals surface area contributed by atoms with Gasteiger partial charge in [-0.25, -0.2) is 0 Å². The Morgan fingerprint density at radius 3 is 2.25 bits per heavy atom. The van der Waals surface area contributed by atoms with Crippen LogP contribution in [0.2, 0.25) is 0 Å². The number of amides is 1. The highest BCUT2D eigenvalue weighted by Crippen LogP contribution is 2.35. The summed E-state index contributed by atoms with van der Waals surface area (Å²) in [5.41, 5.74) is -1.03. The van der Waals surface area contributed by atoms with Crippen LogP contribution in [-0.2, 0) is 0 Å². The third-order valence-electron chi connectivity index (χ3n) is 2.68. The van der Waals surface area contributed by atoms with E-state index in [1.54, 1.807) is 12.1 Å². The Morgan fingerprint density at radius 2 is 1.85 bits per heavy atom. The quantitative estimate of drug-likeness (QED) is 0.712. The zero-order chi connectivity index (χ0) is 15.3. The van der Waals surface area contributed by atoms with Crippen molar-refractivity contribution in [2.75, 3.05) is 27.4 Å². The van der Waals surface area contributed by atoms with E-state index in [-0.39, 0.29) is 6.54 Å². The molecular formula is C13H18BrNO5. The molecule has 1 aromatic carbocycles. The van der Waals surface area contributed by atoms with Gasteiger partial charge in [-0.3, -0.25) is 4.79 Å². The first-order valence-corrected chi connectivity index (χ1v) is 6.67. The van der Waals surface area contributed by atoms with Gasteiger partial charge in [-0.1, -0.05) is 0 Å². The molecule has 1 amide bonds. The number of benzene rings is 1. The maximum atomic E-state index is 12.0. The molecule has 0 aliphatic rings. The number of aliphatic hydroxyl groups excluding tert-OH is 1. The minimum absolute atomic E-state index is 0.0664. The van der Waals surface area contributed by atoms with E-state index < -0.39 is 18.1 Å². The largest absolute Gasteiger partial charge is 0.495 e. The summed E-state index contributed by atoms with van der Waals surface area (Å²) in [5, 5.41) is 21.1. The number of hydrogen-bond acceptors (Lipinski definition) is 5. The number of ether oxygens (including phenoxy) is 2. The zero-order valence-corrected chi connectivity index (χ0v) is 13.2. The van der Waals surface area contributed by atoms with E-state index in [9.17, 15) is 9.90 Å². The second kappa shape index (κ2) is 6.92. The van der Waals surface area contributed by atoms with Gasteiger partial charge in [0.05, 0.1) is 20.8 Å². The van der Waals surface area contributed by atoms with Gasteiger partial charge in [-0.2, -0.15) is 0 Å². The average molecular weight is 348 g/mol. The van der Waals surface area contributed by atoms with Gasteiger partial charge in [0.2, 0.25) is 0 Å². The summed E-state index contributed by atoms with van der Waals surface area (Å²) in [4.78, 5) is 12.0. The smallest absolute Gasteiger partial charge is 0.251 e. The number of halogens is 1. The topological polar surface area (TPSA) is 88.0 Å². The molecule has 0 heterocycles. The number of hydrogen-bond donors (Lipinski definition) is 3. The van der Waals surface area contributed by atoms with Crippen LogP contribution in [0.15, 0.2) is 16.6 Å². The number of aliphatic hydroxyl groups is 2. The maximum Gasteiger partial charge on any atom is 0.251 e. The van der Waals surface area contributed by atoms with Gasteiger partial charge in [0.15, 0.2) is 0 Å². The third kappa shape index (κ3) is 4.09. The molecule has 0 saturated heterocycles. The van der Waals surface area contributed by atoms with Crippen LogP contribution in [0, 0.1) is 0 Å². The lowest BCUT2D eigenvalue weighted by molar-refractivity contribution is 0.00320. The molecule has 1 rings (SSSR count). The average Bonchev–Trinajstić information content (AvgIpc) is 2.45. The third-order valence-corrected chi connectivity index (χ3v) is 3.46. The van der Waals surface area contributed by atoms with Crippen molar-refractivity contribution >= 4 is 21.8 Å². The van der Waals surface area contributed by atoms with Gasteiger partial charge in [-0.05, 0) is 35.0 Å². The van der Waals surface area contributed by atoms with E-state index >= 15 is 0 Å². The number of carbonyl (C=O) groups excluding carboxylic acids is 1. The summed E-state index contributed by atoms with van der Waals surface area (Å²) in [6.45, 7) is 0.916. The molecule has 0 spiro atoms. The van der Waals surface area contributed by atoms with Crippen LogP contribution in [0.25, 0.3) is 0 Å². The molecule has 0 radical (unpaired) electrons. The van der Waals surface area contributed by atoms with Crippen molar-refractivity contribution in [2.45, 2.75) is 12.5 Å². The highest BCUT2D eigenvalue weighted by Gasteiger charge is 2.21. The van der Waals surface area contributed by atoms with E-state index in [4.69, 9.17) is 14.6 Å². The highest BCUT2D eigenvalue weighted by molar-refractivity contribution is 9.10. The molecule has 0 saturated carbocycles. The van der Waals surface area contributed by atoms with Crippen LogP contribution < -0.4 is 14.8 Å². The predicted molar refractivity (Wildman–Crippen MR) is 77.3 cm³/mol. The van der Waals surface area contributed by atoms with E-state index in [1.807, 2.05) is 0 Å². The van der Waals surface area contributed by atoms with Crippen molar-refractivity contribution in [1.82, 2.24) is 5.32 Å². The zero-order valence-electron chi connectivity index (χ0n) is 11.6. The molecule has 0 aromatic heterocycles. The minimum Gasteiger partial charge on any atom is -0.495 e. The monoisotopic (exact) mass is 347 g/mol. The van der Waals surface area contributed by atoms with Crippen LogP contribution in [0.5, 0.6) is 11.5 Å². The Morgan fingerprint density at radius 1 is 1.35 bits per heavy atom. The van der Waals surface area contributed by atoms with Gasteiger partial charge < -0.3 is 25.0 Å².